The normalized spacial score (nSPS) is 10.9. The second-order valence-corrected chi connectivity index (χ2v) is 2.83. The van der Waals surface area contributed by atoms with Crippen LogP contribution >= 0.6 is 0 Å². The van der Waals surface area contributed by atoms with Gasteiger partial charge in [-0.25, -0.2) is 4.79 Å². The van der Waals surface area contributed by atoms with Gasteiger partial charge in [0.2, 0.25) is 0 Å². The fourth-order valence-electron chi connectivity index (χ4n) is 1.04. The number of carbonyl (C=O) groups excluding carboxylic acids is 1. The molecular formula is C12H10O3. The molecular weight excluding hydrogens is 192 g/mol. The number of aliphatic carboxylic acids is 1. The van der Waals surface area contributed by atoms with E-state index in [4.69, 9.17) is 5.11 Å². The summed E-state index contributed by atoms with van der Waals surface area (Å²) in [4.78, 5) is 20.3. The molecule has 76 valence electrons. The van der Waals surface area contributed by atoms with Gasteiger partial charge in [0, 0.05) is 6.08 Å². The Balaban J connectivity index is 2.76. The van der Waals surface area contributed by atoms with Gasteiger partial charge in [0.25, 0.3) is 0 Å². The Morgan fingerprint density at radius 3 is 2.07 bits per heavy atom. The Kier molecular flexibility index (Phi) is 4.04. The summed E-state index contributed by atoms with van der Waals surface area (Å²) < 4.78 is 0. The first-order chi connectivity index (χ1) is 7.22. The van der Waals surface area contributed by atoms with Crippen LogP contribution in [0.4, 0.5) is 0 Å². The zero-order valence-electron chi connectivity index (χ0n) is 7.96. The van der Waals surface area contributed by atoms with Gasteiger partial charge < -0.3 is 5.11 Å². The van der Waals surface area contributed by atoms with Crippen molar-refractivity contribution >= 4 is 24.4 Å². The molecule has 0 bridgehead atoms. The molecule has 0 aliphatic carbocycles. The lowest BCUT2D eigenvalue weighted by atomic mass is 10.1. The molecule has 0 aliphatic heterocycles. The van der Waals surface area contributed by atoms with Crippen LogP contribution in [-0.2, 0) is 9.59 Å². The molecule has 0 unspecified atom stereocenters. The molecule has 1 N–H and O–H groups in total. The van der Waals surface area contributed by atoms with Crippen molar-refractivity contribution in [2.24, 2.45) is 0 Å². The first-order valence-electron chi connectivity index (χ1n) is 4.35. The van der Waals surface area contributed by atoms with Gasteiger partial charge in [0.15, 0.2) is 0 Å². The predicted octanol–water partition coefficient (Wildman–Crippen LogP) is 2.00. The monoisotopic (exact) mass is 202 g/mol. The molecule has 0 fully saturated rings. The van der Waals surface area contributed by atoms with Gasteiger partial charge in [0.1, 0.15) is 6.29 Å². The highest BCUT2D eigenvalue weighted by Gasteiger charge is 1.90. The van der Waals surface area contributed by atoms with Crippen LogP contribution < -0.4 is 0 Å². The molecule has 1 rings (SSSR count). The van der Waals surface area contributed by atoms with E-state index < -0.39 is 5.97 Å². The molecule has 3 heteroatoms. The van der Waals surface area contributed by atoms with E-state index in [9.17, 15) is 9.59 Å². The van der Waals surface area contributed by atoms with Crippen molar-refractivity contribution in [3.8, 4) is 0 Å². The van der Waals surface area contributed by atoms with E-state index in [0.29, 0.717) is 6.29 Å². The van der Waals surface area contributed by atoms with Crippen molar-refractivity contribution in [2.75, 3.05) is 0 Å². The van der Waals surface area contributed by atoms with E-state index in [-0.39, 0.29) is 0 Å². The van der Waals surface area contributed by atoms with Crippen LogP contribution in [0.2, 0.25) is 0 Å². The van der Waals surface area contributed by atoms with Crippen LogP contribution in [-0.4, -0.2) is 17.4 Å². The first-order valence-corrected chi connectivity index (χ1v) is 4.35. The smallest absolute Gasteiger partial charge is 0.328 e. The number of allylic oxidation sites excluding steroid dienone is 1. The number of benzene rings is 1. The molecule has 0 atom stereocenters. The van der Waals surface area contributed by atoms with E-state index in [2.05, 4.69) is 0 Å². The molecule has 0 aromatic heterocycles. The van der Waals surface area contributed by atoms with E-state index in [1.165, 1.54) is 12.2 Å². The summed E-state index contributed by atoms with van der Waals surface area (Å²) in [5, 5.41) is 8.41. The van der Waals surface area contributed by atoms with Gasteiger partial charge in [-0.3, -0.25) is 4.79 Å². The molecule has 0 saturated carbocycles. The van der Waals surface area contributed by atoms with Crippen molar-refractivity contribution in [2.45, 2.75) is 0 Å². The molecule has 0 aliphatic rings. The van der Waals surface area contributed by atoms with Crippen LogP contribution in [0.3, 0.4) is 0 Å². The van der Waals surface area contributed by atoms with Crippen molar-refractivity contribution in [1.29, 1.82) is 0 Å². The van der Waals surface area contributed by atoms with Crippen molar-refractivity contribution < 1.29 is 14.7 Å². The van der Waals surface area contributed by atoms with Crippen LogP contribution in [0.15, 0.2) is 36.4 Å². The molecule has 0 heterocycles. The van der Waals surface area contributed by atoms with Gasteiger partial charge in [-0.1, -0.05) is 30.3 Å². The van der Waals surface area contributed by atoms with Gasteiger partial charge in [0.05, 0.1) is 0 Å². The summed E-state index contributed by atoms with van der Waals surface area (Å²) in [6, 6.07) is 7.18. The highest BCUT2D eigenvalue weighted by Crippen LogP contribution is 2.07. The zero-order valence-corrected chi connectivity index (χ0v) is 7.96. The largest absolute Gasteiger partial charge is 0.478 e. The molecule has 1 aromatic rings. The molecule has 0 radical (unpaired) electrons. The lowest BCUT2D eigenvalue weighted by molar-refractivity contribution is -0.131. The molecule has 3 nitrogen and oxygen atoms in total. The number of carboxylic acid groups (broad SMARTS) is 1. The summed E-state index contributed by atoms with van der Waals surface area (Å²) in [6.45, 7) is 0. The van der Waals surface area contributed by atoms with Crippen LogP contribution in [0.5, 0.6) is 0 Å². The minimum absolute atomic E-state index is 0.707. The molecule has 0 saturated heterocycles. The minimum atomic E-state index is -0.972. The lowest BCUT2D eigenvalue weighted by Gasteiger charge is -1.94. The Labute approximate surface area is 87.4 Å². The number of carbonyl (C=O) groups is 2. The predicted molar refractivity (Wildman–Crippen MR) is 58.2 cm³/mol. The van der Waals surface area contributed by atoms with Crippen molar-refractivity contribution in [3.63, 3.8) is 0 Å². The van der Waals surface area contributed by atoms with Gasteiger partial charge in [-0.05, 0) is 23.3 Å². The van der Waals surface area contributed by atoms with Gasteiger partial charge in [-0.15, -0.1) is 0 Å². The Morgan fingerprint density at radius 1 is 1.07 bits per heavy atom. The highest BCUT2D eigenvalue weighted by molar-refractivity contribution is 5.85. The fraction of sp³-hybridized carbons (Fsp3) is 0. The SMILES string of the molecule is O=CC=Cc1ccc(/C=C/C(=O)O)cc1. The van der Waals surface area contributed by atoms with Crippen molar-refractivity contribution in [3.05, 3.63) is 47.5 Å². The standard InChI is InChI=1S/C12H10O3/c13-9-1-2-10-3-5-11(6-4-10)7-8-12(14)15/h1-9H,(H,14,15)/b2-1?,8-7+. The summed E-state index contributed by atoms with van der Waals surface area (Å²) >= 11 is 0. The quantitative estimate of drug-likeness (QED) is 0.600. The first kappa shape index (κ1) is 10.9. The maximum absolute atomic E-state index is 10.2. The van der Waals surface area contributed by atoms with Crippen LogP contribution in [0.1, 0.15) is 11.1 Å². The third kappa shape index (κ3) is 4.04. The van der Waals surface area contributed by atoms with Gasteiger partial charge in [-0.2, -0.15) is 0 Å². The third-order valence-electron chi connectivity index (χ3n) is 1.72. The molecule has 15 heavy (non-hydrogen) atoms. The van der Waals surface area contributed by atoms with Crippen LogP contribution in [0, 0.1) is 0 Å². The van der Waals surface area contributed by atoms with E-state index >= 15 is 0 Å². The number of aldehydes is 1. The molecule has 1 aromatic carbocycles. The summed E-state index contributed by atoms with van der Waals surface area (Å²) in [7, 11) is 0. The number of carboxylic acids is 1. The second kappa shape index (κ2) is 5.54. The topological polar surface area (TPSA) is 54.4 Å². The Hall–Kier alpha value is -2.16. The summed E-state index contributed by atoms with van der Waals surface area (Å²) in [5.41, 5.74) is 1.70. The highest BCUT2D eigenvalue weighted by atomic mass is 16.4. The van der Waals surface area contributed by atoms with Gasteiger partial charge >= 0.3 is 5.97 Å². The van der Waals surface area contributed by atoms with E-state index in [0.717, 1.165) is 17.2 Å². The number of hydrogen-bond donors (Lipinski definition) is 1. The Bertz CT molecular complexity index is 399. The maximum Gasteiger partial charge on any atom is 0.328 e. The summed E-state index contributed by atoms with van der Waals surface area (Å²) in [5.74, 6) is -0.972. The van der Waals surface area contributed by atoms with Crippen molar-refractivity contribution in [1.82, 2.24) is 0 Å². The third-order valence-corrected chi connectivity index (χ3v) is 1.72. The summed E-state index contributed by atoms with van der Waals surface area (Å²) in [6.07, 6.45) is 6.38. The number of rotatable bonds is 4. The Morgan fingerprint density at radius 2 is 1.60 bits per heavy atom. The number of hydrogen-bond acceptors (Lipinski definition) is 2. The van der Waals surface area contributed by atoms with Crippen LogP contribution in [0.25, 0.3) is 12.2 Å². The van der Waals surface area contributed by atoms with E-state index in [1.807, 2.05) is 12.1 Å². The fourth-order valence-corrected chi connectivity index (χ4v) is 1.04. The molecule has 0 spiro atoms. The van der Waals surface area contributed by atoms with E-state index in [1.54, 1.807) is 18.2 Å². The average Bonchev–Trinajstić information content (AvgIpc) is 2.25. The lowest BCUT2D eigenvalue weighted by Crippen LogP contribution is -1.85. The second-order valence-electron chi connectivity index (χ2n) is 2.83. The molecule has 0 amide bonds. The minimum Gasteiger partial charge on any atom is -0.478 e. The maximum atomic E-state index is 10.2. The average molecular weight is 202 g/mol. The zero-order chi connectivity index (χ0) is 11.1.